The number of imidazole rings is 1. The number of hydrogen-bond donors (Lipinski definition) is 1. The molecular formula is C12H11FN4O2S. The molecule has 2 heterocycles. The Labute approximate surface area is 114 Å². The molecule has 1 aromatic carbocycles. The third kappa shape index (κ3) is 1.97. The molecule has 0 aliphatic heterocycles. The standard InChI is InChI=1S/C12H11FN4O2S/c1-2-20(18,19)11-7-10-9(6-8(11)13)15-12(16-10)17-5-3-4-14-17/h3-7H,2H2,1H3,(H,15,16). The van der Waals surface area contributed by atoms with Crippen molar-refractivity contribution in [3.05, 3.63) is 36.4 Å². The van der Waals surface area contributed by atoms with E-state index < -0.39 is 15.7 Å². The van der Waals surface area contributed by atoms with Crippen molar-refractivity contribution in [1.82, 2.24) is 19.7 Å². The largest absolute Gasteiger partial charge is 0.322 e. The number of fused-ring (bicyclic) bond motifs is 1. The Morgan fingerprint density at radius 1 is 1.40 bits per heavy atom. The molecule has 8 heteroatoms. The van der Waals surface area contributed by atoms with E-state index in [2.05, 4.69) is 15.1 Å². The van der Waals surface area contributed by atoms with Crippen molar-refractivity contribution < 1.29 is 12.8 Å². The lowest BCUT2D eigenvalue weighted by Gasteiger charge is -2.02. The molecule has 104 valence electrons. The summed E-state index contributed by atoms with van der Waals surface area (Å²) in [5, 5.41) is 4.00. The van der Waals surface area contributed by atoms with Gasteiger partial charge in [-0.3, -0.25) is 0 Å². The molecule has 20 heavy (non-hydrogen) atoms. The van der Waals surface area contributed by atoms with Crippen LogP contribution in [0, 0.1) is 5.82 Å². The highest BCUT2D eigenvalue weighted by Gasteiger charge is 2.19. The van der Waals surface area contributed by atoms with Crippen LogP contribution in [0.25, 0.3) is 17.0 Å². The fourth-order valence-corrected chi connectivity index (χ4v) is 2.85. The van der Waals surface area contributed by atoms with Crippen molar-refractivity contribution >= 4 is 20.9 Å². The molecule has 1 N–H and O–H groups in total. The molecule has 0 radical (unpaired) electrons. The molecule has 0 atom stereocenters. The lowest BCUT2D eigenvalue weighted by Crippen LogP contribution is -2.06. The smallest absolute Gasteiger partial charge is 0.229 e. The Bertz CT molecular complexity index is 868. The second-order valence-electron chi connectivity index (χ2n) is 4.21. The number of benzene rings is 1. The van der Waals surface area contributed by atoms with Crippen molar-refractivity contribution in [3.8, 4) is 5.95 Å². The molecule has 0 aliphatic carbocycles. The number of nitrogens with zero attached hydrogens (tertiary/aromatic N) is 3. The Balaban J connectivity index is 2.21. The highest BCUT2D eigenvalue weighted by molar-refractivity contribution is 7.91. The fraction of sp³-hybridized carbons (Fsp3) is 0.167. The minimum atomic E-state index is -3.62. The predicted molar refractivity (Wildman–Crippen MR) is 70.9 cm³/mol. The molecule has 3 aromatic rings. The minimum absolute atomic E-state index is 0.161. The van der Waals surface area contributed by atoms with Gasteiger partial charge in [0.25, 0.3) is 0 Å². The normalized spacial score (nSPS) is 12.1. The lowest BCUT2D eigenvalue weighted by molar-refractivity contribution is 0.569. The highest BCUT2D eigenvalue weighted by Crippen LogP contribution is 2.23. The molecular weight excluding hydrogens is 283 g/mol. The first kappa shape index (κ1) is 12.8. The Kier molecular flexibility index (Phi) is 2.82. The van der Waals surface area contributed by atoms with Gasteiger partial charge in [-0.15, -0.1) is 0 Å². The maximum Gasteiger partial charge on any atom is 0.229 e. The van der Waals surface area contributed by atoms with Gasteiger partial charge in [0, 0.05) is 18.5 Å². The third-order valence-corrected chi connectivity index (χ3v) is 4.70. The zero-order valence-corrected chi connectivity index (χ0v) is 11.4. The van der Waals surface area contributed by atoms with Crippen LogP contribution in [-0.2, 0) is 9.84 Å². The van der Waals surface area contributed by atoms with Gasteiger partial charge in [-0.25, -0.2) is 22.5 Å². The van der Waals surface area contributed by atoms with E-state index in [1.807, 2.05) is 0 Å². The van der Waals surface area contributed by atoms with Crippen LogP contribution >= 0.6 is 0 Å². The van der Waals surface area contributed by atoms with E-state index in [0.29, 0.717) is 17.0 Å². The number of hydrogen-bond acceptors (Lipinski definition) is 4. The van der Waals surface area contributed by atoms with E-state index in [1.165, 1.54) is 17.7 Å². The molecule has 0 aliphatic rings. The van der Waals surface area contributed by atoms with E-state index in [-0.39, 0.29) is 10.6 Å². The molecule has 0 unspecified atom stereocenters. The number of rotatable bonds is 3. The number of nitrogens with one attached hydrogen (secondary N) is 1. The zero-order chi connectivity index (χ0) is 14.3. The second-order valence-corrected chi connectivity index (χ2v) is 6.46. The number of aromatic amines is 1. The SMILES string of the molecule is CCS(=O)(=O)c1cc2nc(-n3cccn3)[nH]c2cc1F. The van der Waals surface area contributed by atoms with Crippen molar-refractivity contribution in [2.45, 2.75) is 11.8 Å². The Morgan fingerprint density at radius 2 is 2.20 bits per heavy atom. The van der Waals surface area contributed by atoms with Crippen LogP contribution in [0.3, 0.4) is 0 Å². The topological polar surface area (TPSA) is 80.6 Å². The molecule has 0 saturated heterocycles. The fourth-order valence-electron chi connectivity index (χ4n) is 1.89. The van der Waals surface area contributed by atoms with Gasteiger partial charge in [0.1, 0.15) is 10.7 Å². The molecule has 3 rings (SSSR count). The average molecular weight is 294 g/mol. The van der Waals surface area contributed by atoms with E-state index in [0.717, 1.165) is 6.07 Å². The van der Waals surface area contributed by atoms with Gasteiger partial charge in [-0.2, -0.15) is 5.10 Å². The van der Waals surface area contributed by atoms with Crippen LogP contribution in [0.5, 0.6) is 0 Å². The molecule has 0 spiro atoms. The monoisotopic (exact) mass is 294 g/mol. The summed E-state index contributed by atoms with van der Waals surface area (Å²) in [6.45, 7) is 1.47. The molecule has 0 saturated carbocycles. The molecule has 2 aromatic heterocycles. The van der Waals surface area contributed by atoms with Crippen molar-refractivity contribution in [1.29, 1.82) is 0 Å². The summed E-state index contributed by atoms with van der Waals surface area (Å²) in [6, 6.07) is 4.10. The van der Waals surface area contributed by atoms with Gasteiger partial charge in [0.05, 0.1) is 16.8 Å². The first-order valence-electron chi connectivity index (χ1n) is 5.93. The van der Waals surface area contributed by atoms with Crippen molar-refractivity contribution in [2.24, 2.45) is 0 Å². The lowest BCUT2D eigenvalue weighted by atomic mass is 10.3. The highest BCUT2D eigenvalue weighted by atomic mass is 32.2. The van der Waals surface area contributed by atoms with Crippen molar-refractivity contribution in [2.75, 3.05) is 5.75 Å². The molecule has 6 nitrogen and oxygen atoms in total. The Morgan fingerprint density at radius 3 is 2.85 bits per heavy atom. The van der Waals surface area contributed by atoms with E-state index in [9.17, 15) is 12.8 Å². The summed E-state index contributed by atoms with van der Waals surface area (Å²) < 4.78 is 39.0. The average Bonchev–Trinajstić information content (AvgIpc) is 3.05. The van der Waals surface area contributed by atoms with E-state index in [1.54, 1.807) is 18.5 Å². The minimum Gasteiger partial charge on any atom is -0.322 e. The van der Waals surface area contributed by atoms with Crippen LogP contribution in [0.4, 0.5) is 4.39 Å². The van der Waals surface area contributed by atoms with Crippen LogP contribution < -0.4 is 0 Å². The van der Waals surface area contributed by atoms with Gasteiger partial charge in [-0.05, 0) is 12.1 Å². The quantitative estimate of drug-likeness (QED) is 0.797. The van der Waals surface area contributed by atoms with Gasteiger partial charge >= 0.3 is 0 Å². The number of halogens is 1. The van der Waals surface area contributed by atoms with Crippen LogP contribution in [0.15, 0.2) is 35.5 Å². The van der Waals surface area contributed by atoms with Gasteiger partial charge in [0.15, 0.2) is 9.84 Å². The summed E-state index contributed by atoms with van der Waals surface area (Å²) in [5.74, 6) is -0.545. The van der Waals surface area contributed by atoms with Crippen LogP contribution in [0.1, 0.15) is 6.92 Å². The molecule has 0 bridgehead atoms. The zero-order valence-electron chi connectivity index (χ0n) is 10.5. The number of aromatic nitrogens is 4. The number of H-pyrrole nitrogens is 1. The van der Waals surface area contributed by atoms with Crippen LogP contribution in [0.2, 0.25) is 0 Å². The van der Waals surface area contributed by atoms with Gasteiger partial charge in [-0.1, -0.05) is 6.92 Å². The maximum absolute atomic E-state index is 13.9. The van der Waals surface area contributed by atoms with Gasteiger partial charge < -0.3 is 4.98 Å². The summed E-state index contributed by atoms with van der Waals surface area (Å²) >= 11 is 0. The van der Waals surface area contributed by atoms with Crippen molar-refractivity contribution in [3.63, 3.8) is 0 Å². The predicted octanol–water partition coefficient (Wildman–Crippen LogP) is 1.68. The Hall–Kier alpha value is -2.22. The summed E-state index contributed by atoms with van der Waals surface area (Å²) in [5.41, 5.74) is 0.798. The van der Waals surface area contributed by atoms with Crippen LogP contribution in [-0.4, -0.2) is 33.9 Å². The number of sulfone groups is 1. The molecule has 0 amide bonds. The van der Waals surface area contributed by atoms with E-state index >= 15 is 0 Å². The summed E-state index contributed by atoms with van der Waals surface area (Å²) in [4.78, 5) is 6.78. The summed E-state index contributed by atoms with van der Waals surface area (Å²) in [7, 11) is -3.62. The maximum atomic E-state index is 13.9. The first-order valence-corrected chi connectivity index (χ1v) is 7.58. The van der Waals surface area contributed by atoms with E-state index in [4.69, 9.17) is 0 Å². The first-order chi connectivity index (χ1) is 9.51. The third-order valence-electron chi connectivity index (χ3n) is 2.96. The molecule has 0 fully saturated rings. The summed E-state index contributed by atoms with van der Waals surface area (Å²) in [6.07, 6.45) is 3.26. The van der Waals surface area contributed by atoms with Gasteiger partial charge in [0.2, 0.25) is 5.95 Å². The second kappa shape index (κ2) is 4.41.